The number of nitrogens with zero attached hydrogens (tertiary/aromatic N) is 6. The van der Waals surface area contributed by atoms with E-state index in [2.05, 4.69) is 47.8 Å². The fourth-order valence-electron chi connectivity index (χ4n) is 11.1. The summed E-state index contributed by atoms with van der Waals surface area (Å²) in [5, 5.41) is 9.84. The Kier molecular flexibility index (Phi) is 9.65. The van der Waals surface area contributed by atoms with Crippen LogP contribution in [0.4, 0.5) is 0 Å². The second kappa shape index (κ2) is 13.8. The minimum atomic E-state index is -1.31. The Balaban J connectivity index is 0.000000201. The Morgan fingerprint density at radius 1 is 0.750 bits per heavy atom. The first-order valence-electron chi connectivity index (χ1n) is 20.6. The summed E-state index contributed by atoms with van der Waals surface area (Å²) in [6, 6.07) is 20.6. The van der Waals surface area contributed by atoms with Crippen molar-refractivity contribution in [1.82, 2.24) is 19.6 Å². The highest BCUT2D eigenvalue weighted by Crippen LogP contribution is 2.67. The zero-order chi connectivity index (χ0) is 41.9. The van der Waals surface area contributed by atoms with Crippen LogP contribution in [0.15, 0.2) is 72.4 Å². The van der Waals surface area contributed by atoms with Crippen molar-refractivity contribution < 1.29 is 17.1 Å². The van der Waals surface area contributed by atoms with Gasteiger partial charge < -0.3 is 4.79 Å². The van der Waals surface area contributed by atoms with Crippen LogP contribution in [0.25, 0.3) is 32.2 Å². The smallest absolute Gasteiger partial charge is 0.307 e. The molecule has 294 valence electrons. The molecule has 0 unspecified atom stereocenters. The van der Waals surface area contributed by atoms with Crippen molar-refractivity contribution in [3.8, 4) is 22.5 Å². The first-order chi connectivity index (χ1) is 27.1. The van der Waals surface area contributed by atoms with Gasteiger partial charge in [0, 0.05) is 55.3 Å². The van der Waals surface area contributed by atoms with E-state index in [1.807, 2.05) is 93.6 Å². The van der Waals surface area contributed by atoms with E-state index in [-0.39, 0.29) is 36.5 Å². The Bertz CT molecular complexity index is 2330. The molecule has 3 heterocycles. The molecular formula is C47H58N6O3. The number of ketones is 2. The molecule has 0 spiro atoms. The quantitative estimate of drug-likeness (QED) is 0.150. The molecule has 1 saturated carbocycles. The van der Waals surface area contributed by atoms with Crippen molar-refractivity contribution in [2.45, 2.75) is 112 Å². The lowest BCUT2D eigenvalue weighted by molar-refractivity contribution is -0.138. The molecule has 1 saturated heterocycles. The second-order valence-corrected chi connectivity index (χ2v) is 17.1. The molecule has 6 atom stereocenters. The van der Waals surface area contributed by atoms with Crippen molar-refractivity contribution in [2.75, 3.05) is 0 Å². The van der Waals surface area contributed by atoms with Crippen LogP contribution in [-0.4, -0.2) is 43.0 Å². The highest BCUT2D eigenvalue weighted by Gasteiger charge is 2.86. The molecule has 2 fully saturated rings. The molecule has 9 rings (SSSR count). The van der Waals surface area contributed by atoms with E-state index >= 15 is 0 Å². The molecule has 2 aromatic heterocycles. The molecule has 9 heteroatoms. The van der Waals surface area contributed by atoms with Crippen LogP contribution in [-0.2, 0) is 52.1 Å². The number of fused-ring (bicyclic) bond motifs is 8. The molecule has 56 heavy (non-hydrogen) atoms. The summed E-state index contributed by atoms with van der Waals surface area (Å²) in [5.74, 6) is 0.183. The third-order valence-corrected chi connectivity index (χ3v) is 13.6. The first-order valence-corrected chi connectivity index (χ1v) is 18.6. The van der Waals surface area contributed by atoms with Crippen molar-refractivity contribution >= 4 is 11.6 Å². The Hall–Kier alpha value is -5.12. The number of epoxide rings is 1. The van der Waals surface area contributed by atoms with Crippen molar-refractivity contribution in [3.05, 3.63) is 118 Å². The average molecular weight is 759 g/mol. The highest BCUT2D eigenvalue weighted by atomic mass is 16.6. The number of aryl methyl sites for hydroxylation is 2. The first kappa shape index (κ1) is 39.1. The van der Waals surface area contributed by atoms with E-state index in [9.17, 15) is 9.59 Å². The number of carbonyl (C=O) groups is 2. The maximum Gasteiger partial charge on any atom is 0.425 e. The molecule has 2 aromatic carbocycles. The molecule has 1 aliphatic heterocycles. The van der Waals surface area contributed by atoms with Crippen LogP contribution < -0.4 is 0 Å². The van der Waals surface area contributed by atoms with Crippen LogP contribution in [0.1, 0.15) is 102 Å². The van der Waals surface area contributed by atoms with Gasteiger partial charge in [-0.3, -0.25) is 23.7 Å². The number of rotatable bonds is 2. The number of allylic oxidation sites excluding steroid dienone is 2. The second-order valence-electron chi connectivity index (χ2n) is 17.1. The predicted octanol–water partition coefficient (Wildman–Crippen LogP) is 9.76. The van der Waals surface area contributed by atoms with Gasteiger partial charge in [-0.2, -0.15) is 10.2 Å². The average Bonchev–Trinajstić information content (AvgIpc) is 3.75. The van der Waals surface area contributed by atoms with Crippen molar-refractivity contribution in [1.29, 1.82) is 0 Å². The Labute approximate surface area is 336 Å². The van der Waals surface area contributed by atoms with Gasteiger partial charge in [0.2, 0.25) is 5.70 Å². The zero-order valence-electron chi connectivity index (χ0n) is 35.8. The van der Waals surface area contributed by atoms with Crippen LogP contribution >= 0.6 is 0 Å². The van der Waals surface area contributed by atoms with Crippen molar-refractivity contribution in [2.24, 2.45) is 36.8 Å². The SMILES string of the molecule is C.[3H]C.[3H]C.[C-]#[N+]C1=C[C@]2(C)c3nn(C)c(-c4ccccc4)c3CC[C@H]2C(C)(C)C1=O.[C-]#[N+][C@@]12O[C@@H]1[C@]1(C)c3nn(C)c(-c4ccccc4)c3CC[C@H]1C(C)(C)C2=O. The number of carbonyl (C=O) groups excluding carboxylic acids is 2. The number of aromatic nitrogens is 4. The maximum absolute atomic E-state index is 13.1. The third-order valence-electron chi connectivity index (χ3n) is 13.6. The summed E-state index contributed by atoms with van der Waals surface area (Å²) in [7, 11) is 6.46. The van der Waals surface area contributed by atoms with E-state index < -0.39 is 33.5 Å². The minimum absolute atomic E-state index is 0. The predicted molar refractivity (Wildman–Crippen MR) is 222 cm³/mol. The van der Waals surface area contributed by atoms with Gasteiger partial charge in [-0.1, -0.05) is 131 Å². The molecule has 4 aliphatic carbocycles. The fourth-order valence-corrected chi connectivity index (χ4v) is 11.1. The van der Waals surface area contributed by atoms with Crippen LogP contribution in [0.5, 0.6) is 0 Å². The molecular weight excluding hydrogens is 697 g/mol. The summed E-state index contributed by atoms with van der Waals surface area (Å²) >= 11 is 0. The van der Waals surface area contributed by atoms with E-state index in [4.69, 9.17) is 30.8 Å². The minimum Gasteiger partial charge on any atom is -0.307 e. The maximum atomic E-state index is 13.1. The number of hydrogen-bond donors (Lipinski definition) is 0. The molecule has 5 aliphatic rings. The Morgan fingerprint density at radius 2 is 1.23 bits per heavy atom. The van der Waals surface area contributed by atoms with Gasteiger partial charge in [-0.15, -0.1) is 0 Å². The molecule has 0 radical (unpaired) electrons. The normalized spacial score (nSPS) is 29.7. The van der Waals surface area contributed by atoms with E-state index in [0.29, 0.717) is 0 Å². The summed E-state index contributed by atoms with van der Waals surface area (Å²) in [6.45, 7) is 27.4. The van der Waals surface area contributed by atoms with Crippen molar-refractivity contribution in [3.63, 3.8) is 0 Å². The van der Waals surface area contributed by atoms with Crippen LogP contribution in [0.3, 0.4) is 0 Å². The lowest BCUT2D eigenvalue weighted by atomic mass is 9.50. The lowest BCUT2D eigenvalue weighted by Crippen LogP contribution is -2.59. The summed E-state index contributed by atoms with van der Waals surface area (Å²) < 4.78 is 21.3. The number of benzene rings is 2. The highest BCUT2D eigenvalue weighted by molar-refractivity contribution is 6.03. The van der Waals surface area contributed by atoms with Gasteiger partial charge in [0.25, 0.3) is 5.78 Å². The number of Topliss-reactive ketones (excluding diaryl/α,β-unsaturated/α-hetero) is 2. The van der Waals surface area contributed by atoms with Gasteiger partial charge >= 0.3 is 5.72 Å². The van der Waals surface area contributed by atoms with E-state index in [1.54, 1.807) is 0 Å². The summed E-state index contributed by atoms with van der Waals surface area (Å²) in [5.41, 5.74) is 6.08. The van der Waals surface area contributed by atoms with E-state index in [0.717, 1.165) is 59.6 Å². The van der Waals surface area contributed by atoms with E-state index in [1.165, 1.54) is 25.9 Å². The van der Waals surface area contributed by atoms with Gasteiger partial charge in [-0.25, -0.2) is 11.4 Å². The molecule has 4 aromatic rings. The lowest BCUT2D eigenvalue weighted by Gasteiger charge is -2.49. The summed E-state index contributed by atoms with van der Waals surface area (Å²) in [4.78, 5) is 33.1. The van der Waals surface area contributed by atoms with Crippen LogP contribution in [0, 0.1) is 35.8 Å². The molecule has 0 bridgehead atoms. The van der Waals surface area contributed by atoms with Gasteiger partial charge in [-0.05, 0) is 37.5 Å². The van der Waals surface area contributed by atoms with Gasteiger partial charge in [0.1, 0.15) is 0 Å². The molecule has 0 amide bonds. The van der Waals surface area contributed by atoms with Gasteiger partial charge in [0.15, 0.2) is 11.9 Å². The summed E-state index contributed by atoms with van der Waals surface area (Å²) in [6.07, 6.45) is 5.12. The Morgan fingerprint density at radius 3 is 1.73 bits per heavy atom. The molecule has 0 N–H and O–H groups in total. The zero-order valence-corrected chi connectivity index (χ0v) is 33.8. The standard InChI is InChI=1S/C22H23N3O2.C22H23N3O.3CH4/c1-20(2)15-12-11-14-16(13-9-7-6-8-10-13)25(5)24-17(14)21(15,3)19-22(23-4,27-19)18(20)26;1-21(2)17-12-11-15-18(14-9-7-6-8-10-14)25(5)24-19(15)22(17,3)13-16(23-4)20(21)26;;;/h6-10,15,19H,11-12H2,1-3,5H3;6-10,13,17H,11-12H2,1-3,5H3;3*1H4/t15-,19+,21-,22-;17-,22-;;;/m00.../s1/i;;2*1T;. The monoisotopic (exact) mass is 758 g/mol. The van der Waals surface area contributed by atoms with Crippen LogP contribution in [0.2, 0.25) is 0 Å². The topological polar surface area (TPSA) is 91.0 Å². The number of ether oxygens (including phenoxy) is 1. The molecule has 9 nitrogen and oxygen atoms in total. The fraction of sp³-hybridized carbons (Fsp3) is 0.489. The third kappa shape index (κ3) is 5.41. The number of hydrogen-bond acceptors (Lipinski definition) is 5. The van der Waals surface area contributed by atoms with Gasteiger partial charge in [0.05, 0.1) is 34.8 Å². The largest absolute Gasteiger partial charge is 0.425 e.